The molecule has 0 aromatic rings. The van der Waals surface area contributed by atoms with Crippen molar-refractivity contribution in [3.05, 3.63) is 17.1 Å². The first-order chi connectivity index (χ1) is 3.80. The summed E-state index contributed by atoms with van der Waals surface area (Å²) in [5.41, 5.74) is 0.270. The quantitative estimate of drug-likeness (QED) is 0.396. The Morgan fingerprint density at radius 3 is 2.88 bits per heavy atom. The fourth-order valence-corrected chi connectivity index (χ4v) is 0.982. The SMILES string of the molecule is O=C(O)C1=C=[SH]C=C1. The smallest absolute Gasteiger partial charge is 0.344 e. The summed E-state index contributed by atoms with van der Waals surface area (Å²) in [5, 5.41) is 12.6. The highest BCUT2D eigenvalue weighted by atomic mass is 32.1. The van der Waals surface area contributed by atoms with Crippen LogP contribution >= 0.6 is 11.4 Å². The molecule has 1 heterocycles. The van der Waals surface area contributed by atoms with Gasteiger partial charge in [-0.25, -0.2) is 4.79 Å². The van der Waals surface area contributed by atoms with Crippen LogP contribution in [0.4, 0.5) is 0 Å². The number of hydrogen-bond donors (Lipinski definition) is 2. The Labute approximate surface area is 50.1 Å². The molecule has 0 fully saturated rings. The van der Waals surface area contributed by atoms with Gasteiger partial charge in [-0.05, 0) is 11.5 Å². The van der Waals surface area contributed by atoms with Gasteiger partial charge in [-0.15, -0.1) is 11.4 Å². The van der Waals surface area contributed by atoms with Gasteiger partial charge in [0, 0.05) is 0 Å². The standard InChI is InChI=1S/C5H4O2S/c6-5(7)4-1-2-8-3-4/h1-2,8H,(H,6,7). The zero-order valence-corrected chi connectivity index (χ0v) is 4.85. The van der Waals surface area contributed by atoms with E-state index in [0.717, 1.165) is 11.4 Å². The molecule has 0 unspecified atom stereocenters. The lowest BCUT2D eigenvalue weighted by atomic mass is 10.3. The Balaban J connectivity index is 2.90. The van der Waals surface area contributed by atoms with E-state index in [-0.39, 0.29) is 5.57 Å². The minimum Gasteiger partial charge on any atom is -0.477 e. The van der Waals surface area contributed by atoms with E-state index in [1.807, 2.05) is 0 Å². The molecule has 0 saturated carbocycles. The summed E-state index contributed by atoms with van der Waals surface area (Å²) in [7, 11) is 0. The predicted molar refractivity (Wildman–Crippen MR) is 34.3 cm³/mol. The van der Waals surface area contributed by atoms with Crippen molar-refractivity contribution < 1.29 is 9.90 Å². The van der Waals surface area contributed by atoms with Gasteiger partial charge in [0.2, 0.25) is 0 Å². The first kappa shape index (κ1) is 5.35. The molecule has 1 aliphatic rings. The Morgan fingerprint density at radius 2 is 2.62 bits per heavy atom. The minimum absolute atomic E-state index is 0.270. The molecule has 1 aliphatic heterocycles. The molecule has 1 N–H and O–H groups in total. The van der Waals surface area contributed by atoms with Crippen molar-refractivity contribution in [1.82, 2.24) is 0 Å². The Morgan fingerprint density at radius 1 is 1.88 bits per heavy atom. The van der Waals surface area contributed by atoms with E-state index in [2.05, 4.69) is 5.02 Å². The van der Waals surface area contributed by atoms with Crippen LogP contribution in [0.2, 0.25) is 0 Å². The van der Waals surface area contributed by atoms with Gasteiger partial charge in [0.15, 0.2) is 0 Å². The number of hydrogen-bond acceptors (Lipinski definition) is 1. The lowest BCUT2D eigenvalue weighted by Crippen LogP contribution is -1.95. The second kappa shape index (κ2) is 1.99. The third-order valence-corrected chi connectivity index (χ3v) is 1.40. The molecule has 42 valence electrons. The van der Waals surface area contributed by atoms with Gasteiger partial charge < -0.3 is 5.11 Å². The molecule has 0 bridgehead atoms. The van der Waals surface area contributed by atoms with Gasteiger partial charge in [0.25, 0.3) is 0 Å². The topological polar surface area (TPSA) is 37.3 Å². The normalized spacial score (nSPS) is 15.2. The lowest BCUT2D eigenvalue weighted by molar-refractivity contribution is -0.132. The summed E-state index contributed by atoms with van der Waals surface area (Å²) in [6.07, 6.45) is 1.55. The van der Waals surface area contributed by atoms with E-state index in [4.69, 9.17) is 5.11 Å². The van der Waals surface area contributed by atoms with Crippen LogP contribution in [0.25, 0.3) is 0 Å². The van der Waals surface area contributed by atoms with Crippen LogP contribution in [0.5, 0.6) is 0 Å². The maximum Gasteiger partial charge on any atom is 0.344 e. The summed E-state index contributed by atoms with van der Waals surface area (Å²) in [6, 6.07) is 0. The van der Waals surface area contributed by atoms with Crippen LogP contribution in [-0.4, -0.2) is 16.1 Å². The zero-order chi connectivity index (χ0) is 5.98. The molecule has 0 radical (unpaired) electrons. The Hall–Kier alpha value is -0.790. The monoisotopic (exact) mass is 128 g/mol. The number of carbonyl (C=O) groups is 1. The van der Waals surface area contributed by atoms with Crippen LogP contribution in [0.1, 0.15) is 0 Å². The van der Waals surface area contributed by atoms with Gasteiger partial charge in [-0.3, -0.25) is 0 Å². The lowest BCUT2D eigenvalue weighted by Gasteiger charge is -1.80. The Bertz CT molecular complexity index is 208. The van der Waals surface area contributed by atoms with E-state index in [0.29, 0.717) is 0 Å². The van der Waals surface area contributed by atoms with Gasteiger partial charge >= 0.3 is 5.97 Å². The van der Waals surface area contributed by atoms with Crippen LogP contribution in [-0.2, 0) is 4.79 Å². The Kier molecular flexibility index (Phi) is 1.33. The van der Waals surface area contributed by atoms with Gasteiger partial charge in [0.1, 0.15) is 5.57 Å². The third-order valence-electron chi connectivity index (χ3n) is 0.731. The van der Waals surface area contributed by atoms with Crippen molar-refractivity contribution in [2.24, 2.45) is 0 Å². The number of aliphatic carboxylic acids is 1. The first-order valence-electron chi connectivity index (χ1n) is 2.03. The van der Waals surface area contributed by atoms with Crippen molar-refractivity contribution in [3.63, 3.8) is 0 Å². The predicted octanol–water partition coefficient (Wildman–Crippen LogP) is 0.391. The highest BCUT2D eigenvalue weighted by Gasteiger charge is 2.01. The van der Waals surface area contributed by atoms with E-state index < -0.39 is 5.97 Å². The molecule has 8 heavy (non-hydrogen) atoms. The molecule has 2 nitrogen and oxygen atoms in total. The second-order valence-corrected chi connectivity index (χ2v) is 2.06. The van der Waals surface area contributed by atoms with Crippen molar-refractivity contribution in [2.45, 2.75) is 0 Å². The summed E-state index contributed by atoms with van der Waals surface area (Å²) in [4.78, 5) is 10.0. The van der Waals surface area contributed by atoms with E-state index in [1.54, 1.807) is 11.5 Å². The summed E-state index contributed by atoms with van der Waals surface area (Å²) in [5.74, 6) is -0.897. The number of carboxylic acids is 1. The number of carboxylic acid groups (broad SMARTS) is 1. The average Bonchev–Trinajstić information content (AvgIpc) is 2.12. The maximum absolute atomic E-state index is 10.0. The molecular weight excluding hydrogens is 124 g/mol. The number of rotatable bonds is 1. The number of thiol groups is 1. The van der Waals surface area contributed by atoms with Crippen molar-refractivity contribution in [1.29, 1.82) is 0 Å². The van der Waals surface area contributed by atoms with Crippen LogP contribution in [0.15, 0.2) is 17.1 Å². The second-order valence-electron chi connectivity index (χ2n) is 1.28. The van der Waals surface area contributed by atoms with Crippen molar-refractivity contribution >= 4 is 22.3 Å². The largest absolute Gasteiger partial charge is 0.477 e. The molecule has 0 aromatic carbocycles. The van der Waals surface area contributed by atoms with Crippen molar-refractivity contribution in [2.75, 3.05) is 0 Å². The van der Waals surface area contributed by atoms with Crippen molar-refractivity contribution in [3.8, 4) is 0 Å². The van der Waals surface area contributed by atoms with E-state index in [1.165, 1.54) is 0 Å². The molecular formula is C5H4O2S. The molecule has 0 spiro atoms. The van der Waals surface area contributed by atoms with E-state index in [9.17, 15) is 4.79 Å². The summed E-state index contributed by atoms with van der Waals surface area (Å²) >= 11 is 0.848. The maximum atomic E-state index is 10.0. The highest BCUT2D eigenvalue weighted by Crippen LogP contribution is 2.02. The fraction of sp³-hybridized carbons (Fsp3) is 0. The molecule has 0 aromatic heterocycles. The molecule has 3 heteroatoms. The average molecular weight is 128 g/mol. The van der Waals surface area contributed by atoms with Crippen LogP contribution in [0, 0.1) is 0 Å². The first-order valence-corrected chi connectivity index (χ1v) is 3.00. The highest BCUT2D eigenvalue weighted by molar-refractivity contribution is 8.00. The van der Waals surface area contributed by atoms with E-state index >= 15 is 0 Å². The van der Waals surface area contributed by atoms with Gasteiger partial charge in [-0.1, -0.05) is 5.02 Å². The minimum atomic E-state index is -0.897. The zero-order valence-electron chi connectivity index (χ0n) is 3.96. The molecule has 1 rings (SSSR count). The third kappa shape index (κ3) is 0.886. The van der Waals surface area contributed by atoms with Crippen LogP contribution < -0.4 is 0 Å². The molecule has 0 atom stereocenters. The van der Waals surface area contributed by atoms with Gasteiger partial charge in [-0.2, -0.15) is 0 Å². The van der Waals surface area contributed by atoms with Gasteiger partial charge in [0.05, 0.1) is 0 Å². The molecule has 0 aliphatic carbocycles. The molecule has 0 saturated heterocycles. The summed E-state index contributed by atoms with van der Waals surface area (Å²) in [6.45, 7) is 0. The summed E-state index contributed by atoms with van der Waals surface area (Å²) < 4.78 is 0. The molecule has 0 amide bonds. The van der Waals surface area contributed by atoms with Crippen LogP contribution in [0.3, 0.4) is 0 Å². The fourth-order valence-electron chi connectivity index (χ4n) is 0.375.